The molecule has 1 unspecified atom stereocenters. The van der Waals surface area contributed by atoms with Gasteiger partial charge in [-0.1, -0.05) is 42.8 Å². The first kappa shape index (κ1) is 13.6. The largest absolute Gasteiger partial charge is 0.496 e. The fourth-order valence-corrected chi connectivity index (χ4v) is 2.11. The summed E-state index contributed by atoms with van der Waals surface area (Å²) < 4.78 is 5.34. The number of carbonyl (C=O) groups excluding carboxylic acids is 1. The molecule has 0 aliphatic heterocycles. The van der Waals surface area contributed by atoms with Crippen molar-refractivity contribution < 1.29 is 9.53 Å². The van der Waals surface area contributed by atoms with Gasteiger partial charge in [-0.05, 0) is 29.3 Å². The molecule has 0 radical (unpaired) electrons. The smallest absolute Gasteiger partial charge is 0.128 e. The number of aldehydes is 1. The summed E-state index contributed by atoms with van der Waals surface area (Å²) in [5, 5.41) is 0.645. The van der Waals surface area contributed by atoms with Crippen LogP contribution < -0.4 is 4.74 Å². The average molecular weight is 275 g/mol. The maximum absolute atomic E-state index is 10.8. The van der Waals surface area contributed by atoms with Gasteiger partial charge in [-0.2, -0.15) is 0 Å². The molecular weight excluding hydrogens is 260 g/mol. The van der Waals surface area contributed by atoms with Gasteiger partial charge in [0.15, 0.2) is 0 Å². The lowest BCUT2D eigenvalue weighted by Crippen LogP contribution is -1.94. The first-order valence-electron chi connectivity index (χ1n) is 6.05. The molecule has 0 aromatic heterocycles. The van der Waals surface area contributed by atoms with Gasteiger partial charge < -0.3 is 9.53 Å². The third-order valence-corrected chi connectivity index (χ3v) is 3.35. The summed E-state index contributed by atoms with van der Waals surface area (Å²) in [4.78, 5) is 10.8. The predicted octanol–water partition coefficient (Wildman–Crippen LogP) is 4.32. The first-order chi connectivity index (χ1) is 9.15. The summed E-state index contributed by atoms with van der Waals surface area (Å²) in [5.74, 6) is 0.657. The molecule has 2 aromatic carbocycles. The van der Waals surface area contributed by atoms with E-state index in [0.29, 0.717) is 5.02 Å². The summed E-state index contributed by atoms with van der Waals surface area (Å²) in [6.45, 7) is 1.88. The summed E-state index contributed by atoms with van der Waals surface area (Å²) in [7, 11) is 1.62. The minimum Gasteiger partial charge on any atom is -0.496 e. The van der Waals surface area contributed by atoms with Crippen molar-refractivity contribution in [2.75, 3.05) is 7.11 Å². The maximum atomic E-state index is 10.8. The number of carbonyl (C=O) groups is 1. The monoisotopic (exact) mass is 274 g/mol. The molecule has 0 spiro atoms. The van der Waals surface area contributed by atoms with Crippen molar-refractivity contribution in [3.05, 3.63) is 53.1 Å². The van der Waals surface area contributed by atoms with Crippen molar-refractivity contribution in [3.8, 4) is 16.9 Å². The quantitative estimate of drug-likeness (QED) is 0.776. The molecule has 0 bridgehead atoms. The number of ether oxygens (including phenoxy) is 1. The second-order valence-corrected chi connectivity index (χ2v) is 4.83. The minimum atomic E-state index is -0.0823. The molecule has 0 saturated carbocycles. The number of rotatable bonds is 4. The molecule has 3 heteroatoms. The number of hydrogen-bond acceptors (Lipinski definition) is 2. The van der Waals surface area contributed by atoms with Crippen LogP contribution in [0.15, 0.2) is 42.5 Å². The molecule has 0 fully saturated rings. The van der Waals surface area contributed by atoms with Gasteiger partial charge in [0.1, 0.15) is 12.0 Å². The van der Waals surface area contributed by atoms with Crippen molar-refractivity contribution in [2.45, 2.75) is 12.8 Å². The Labute approximate surface area is 118 Å². The summed E-state index contributed by atoms with van der Waals surface area (Å²) in [6.07, 6.45) is 0.942. The number of benzene rings is 2. The zero-order chi connectivity index (χ0) is 13.8. The molecular formula is C16H15ClO2. The lowest BCUT2D eigenvalue weighted by atomic mass is 9.98. The van der Waals surface area contributed by atoms with Crippen LogP contribution in [0.4, 0.5) is 0 Å². The Morgan fingerprint density at radius 3 is 2.42 bits per heavy atom. The maximum Gasteiger partial charge on any atom is 0.128 e. The highest BCUT2D eigenvalue weighted by Crippen LogP contribution is 2.32. The van der Waals surface area contributed by atoms with Crippen LogP contribution in [0, 0.1) is 0 Å². The van der Waals surface area contributed by atoms with E-state index < -0.39 is 0 Å². The standard InChI is InChI=1S/C16H15ClO2/c1-11(10-18)12-3-5-13(6-4-12)15-8-7-14(17)9-16(15)19-2/h3-11H,1-2H3. The van der Waals surface area contributed by atoms with E-state index in [2.05, 4.69) is 0 Å². The Hall–Kier alpha value is -1.80. The van der Waals surface area contributed by atoms with E-state index in [0.717, 1.165) is 28.7 Å². The molecule has 2 rings (SSSR count). The average Bonchev–Trinajstić information content (AvgIpc) is 2.46. The normalized spacial score (nSPS) is 11.9. The van der Waals surface area contributed by atoms with Gasteiger partial charge in [-0.3, -0.25) is 0 Å². The molecule has 98 valence electrons. The van der Waals surface area contributed by atoms with Crippen molar-refractivity contribution >= 4 is 17.9 Å². The Kier molecular flexibility index (Phi) is 4.23. The molecule has 1 atom stereocenters. The van der Waals surface area contributed by atoms with Gasteiger partial charge in [0.05, 0.1) is 7.11 Å². The van der Waals surface area contributed by atoms with E-state index >= 15 is 0 Å². The first-order valence-corrected chi connectivity index (χ1v) is 6.42. The van der Waals surface area contributed by atoms with Crippen LogP contribution >= 0.6 is 11.6 Å². The highest BCUT2D eigenvalue weighted by atomic mass is 35.5. The van der Waals surface area contributed by atoms with Crippen LogP contribution in [0.1, 0.15) is 18.4 Å². The fourth-order valence-electron chi connectivity index (χ4n) is 1.95. The van der Waals surface area contributed by atoms with Crippen molar-refractivity contribution in [1.82, 2.24) is 0 Å². The molecule has 0 aliphatic rings. The number of methoxy groups -OCH3 is 1. The van der Waals surface area contributed by atoms with Crippen LogP contribution in [-0.4, -0.2) is 13.4 Å². The van der Waals surface area contributed by atoms with Crippen LogP contribution in [-0.2, 0) is 4.79 Å². The predicted molar refractivity (Wildman–Crippen MR) is 77.9 cm³/mol. The second-order valence-electron chi connectivity index (χ2n) is 4.39. The van der Waals surface area contributed by atoms with Gasteiger partial charge in [0.25, 0.3) is 0 Å². The van der Waals surface area contributed by atoms with E-state index in [1.807, 2.05) is 43.3 Å². The SMILES string of the molecule is COc1cc(Cl)ccc1-c1ccc(C(C)C=O)cc1. The van der Waals surface area contributed by atoms with Crippen molar-refractivity contribution in [1.29, 1.82) is 0 Å². The third-order valence-electron chi connectivity index (χ3n) is 3.12. The lowest BCUT2D eigenvalue weighted by molar-refractivity contribution is -0.108. The van der Waals surface area contributed by atoms with E-state index in [4.69, 9.17) is 16.3 Å². The Balaban J connectivity index is 2.39. The Morgan fingerprint density at radius 1 is 1.16 bits per heavy atom. The summed E-state index contributed by atoms with van der Waals surface area (Å²) in [6, 6.07) is 13.5. The van der Waals surface area contributed by atoms with Crippen LogP contribution in [0.2, 0.25) is 5.02 Å². The Morgan fingerprint density at radius 2 is 1.84 bits per heavy atom. The molecule has 19 heavy (non-hydrogen) atoms. The number of hydrogen-bond donors (Lipinski definition) is 0. The van der Waals surface area contributed by atoms with Crippen molar-refractivity contribution in [2.24, 2.45) is 0 Å². The highest BCUT2D eigenvalue weighted by molar-refractivity contribution is 6.30. The highest BCUT2D eigenvalue weighted by Gasteiger charge is 2.08. The minimum absolute atomic E-state index is 0.0823. The van der Waals surface area contributed by atoms with E-state index in [1.165, 1.54) is 0 Å². The Bertz CT molecular complexity index is 576. The van der Waals surface area contributed by atoms with Gasteiger partial charge in [-0.25, -0.2) is 0 Å². The van der Waals surface area contributed by atoms with E-state index in [1.54, 1.807) is 13.2 Å². The van der Waals surface area contributed by atoms with Crippen LogP contribution in [0.3, 0.4) is 0 Å². The van der Waals surface area contributed by atoms with Crippen LogP contribution in [0.25, 0.3) is 11.1 Å². The van der Waals surface area contributed by atoms with Gasteiger partial charge in [-0.15, -0.1) is 0 Å². The molecule has 2 aromatic rings. The molecule has 0 aliphatic carbocycles. The molecule has 0 heterocycles. The van der Waals surface area contributed by atoms with E-state index in [9.17, 15) is 4.79 Å². The zero-order valence-corrected chi connectivity index (χ0v) is 11.6. The second kappa shape index (κ2) is 5.89. The third kappa shape index (κ3) is 2.96. The molecule has 0 saturated heterocycles. The van der Waals surface area contributed by atoms with E-state index in [-0.39, 0.29) is 5.92 Å². The zero-order valence-electron chi connectivity index (χ0n) is 10.9. The molecule has 0 N–H and O–H groups in total. The lowest BCUT2D eigenvalue weighted by Gasteiger charge is -2.10. The van der Waals surface area contributed by atoms with Crippen LogP contribution in [0.5, 0.6) is 5.75 Å². The fraction of sp³-hybridized carbons (Fsp3) is 0.188. The van der Waals surface area contributed by atoms with Gasteiger partial charge >= 0.3 is 0 Å². The summed E-state index contributed by atoms with van der Waals surface area (Å²) >= 11 is 5.95. The number of halogens is 1. The van der Waals surface area contributed by atoms with Gasteiger partial charge in [0, 0.05) is 16.5 Å². The van der Waals surface area contributed by atoms with Gasteiger partial charge in [0.2, 0.25) is 0 Å². The van der Waals surface area contributed by atoms with Crippen molar-refractivity contribution in [3.63, 3.8) is 0 Å². The molecule has 0 amide bonds. The molecule has 2 nitrogen and oxygen atoms in total. The topological polar surface area (TPSA) is 26.3 Å². The summed E-state index contributed by atoms with van der Waals surface area (Å²) in [5.41, 5.74) is 3.03.